The van der Waals surface area contributed by atoms with Crippen molar-refractivity contribution in [2.45, 2.75) is 57.8 Å². The molecule has 0 radical (unpaired) electrons. The van der Waals surface area contributed by atoms with Crippen LogP contribution in [-0.2, 0) is 9.53 Å². The van der Waals surface area contributed by atoms with Gasteiger partial charge in [0.2, 0.25) is 5.91 Å². The van der Waals surface area contributed by atoms with Gasteiger partial charge in [0.05, 0.1) is 12.1 Å². The smallest absolute Gasteiger partial charge is 0.249 e. The maximum Gasteiger partial charge on any atom is 0.249 e. The van der Waals surface area contributed by atoms with Gasteiger partial charge >= 0.3 is 0 Å². The summed E-state index contributed by atoms with van der Waals surface area (Å²) >= 11 is 0. The highest BCUT2D eigenvalue weighted by Gasteiger charge is 2.32. The van der Waals surface area contributed by atoms with Crippen molar-refractivity contribution in [1.82, 2.24) is 5.32 Å². The molecule has 1 fully saturated rings. The summed E-state index contributed by atoms with van der Waals surface area (Å²) in [4.78, 5) is 12.5. The van der Waals surface area contributed by atoms with E-state index in [-0.39, 0.29) is 24.2 Å². The summed E-state index contributed by atoms with van der Waals surface area (Å²) < 4.78 is 5.72. The first-order valence-corrected chi connectivity index (χ1v) is 8.40. The van der Waals surface area contributed by atoms with Crippen molar-refractivity contribution < 1.29 is 9.53 Å². The Morgan fingerprint density at radius 3 is 2.50 bits per heavy atom. The number of rotatable bonds is 7. The Labute approximate surface area is 133 Å². The molecule has 0 spiro atoms. The molecule has 0 aliphatic carbocycles. The third-order valence-electron chi connectivity index (χ3n) is 4.64. The molecule has 22 heavy (non-hydrogen) atoms. The predicted octanol–water partition coefficient (Wildman–Crippen LogP) is 2.79. The Morgan fingerprint density at radius 1 is 1.27 bits per heavy atom. The molecule has 1 aromatic carbocycles. The van der Waals surface area contributed by atoms with Crippen LogP contribution in [-0.4, -0.2) is 24.7 Å². The molecule has 122 valence electrons. The minimum absolute atomic E-state index is 0.00305. The zero-order valence-electron chi connectivity index (χ0n) is 13.6. The summed E-state index contributed by atoms with van der Waals surface area (Å²) in [6.45, 7) is 4.83. The summed E-state index contributed by atoms with van der Waals surface area (Å²) in [6.07, 6.45) is 3.38. The van der Waals surface area contributed by atoms with Crippen LogP contribution >= 0.6 is 0 Å². The van der Waals surface area contributed by atoms with E-state index in [9.17, 15) is 4.79 Å². The van der Waals surface area contributed by atoms with E-state index in [0.717, 1.165) is 31.2 Å². The largest absolute Gasteiger partial charge is 0.364 e. The van der Waals surface area contributed by atoms with Gasteiger partial charge in [0.1, 0.15) is 6.10 Å². The quantitative estimate of drug-likeness (QED) is 0.814. The maximum atomic E-state index is 12.5. The van der Waals surface area contributed by atoms with E-state index in [1.165, 1.54) is 0 Å². The first-order valence-electron chi connectivity index (χ1n) is 8.40. The predicted molar refractivity (Wildman–Crippen MR) is 88.3 cm³/mol. The van der Waals surface area contributed by atoms with Crippen molar-refractivity contribution in [1.29, 1.82) is 0 Å². The normalized spacial score (nSPS) is 22.7. The molecule has 3 N–H and O–H groups in total. The Balaban J connectivity index is 2.08. The van der Waals surface area contributed by atoms with Crippen molar-refractivity contribution in [3.05, 3.63) is 35.9 Å². The van der Waals surface area contributed by atoms with Crippen LogP contribution in [0.3, 0.4) is 0 Å². The Bertz CT molecular complexity index is 459. The molecular formula is C18H28N2O2. The number of benzene rings is 1. The van der Waals surface area contributed by atoms with E-state index in [4.69, 9.17) is 10.5 Å². The van der Waals surface area contributed by atoms with Gasteiger partial charge in [0.15, 0.2) is 0 Å². The molecule has 4 heteroatoms. The summed E-state index contributed by atoms with van der Waals surface area (Å²) in [5.41, 5.74) is 6.79. The van der Waals surface area contributed by atoms with Gasteiger partial charge in [-0.15, -0.1) is 0 Å². The second-order valence-electron chi connectivity index (χ2n) is 6.03. The molecule has 1 heterocycles. The number of hydrogen-bond acceptors (Lipinski definition) is 3. The highest BCUT2D eigenvalue weighted by molar-refractivity contribution is 5.81. The summed E-state index contributed by atoms with van der Waals surface area (Å²) in [6, 6.07) is 10.3. The van der Waals surface area contributed by atoms with Gasteiger partial charge in [0.25, 0.3) is 0 Å². The number of ether oxygens (including phenoxy) is 1. The molecular weight excluding hydrogens is 276 g/mol. The number of hydrogen-bond donors (Lipinski definition) is 2. The van der Waals surface area contributed by atoms with E-state index in [1.54, 1.807) is 0 Å². The fourth-order valence-corrected chi connectivity index (χ4v) is 3.21. The fourth-order valence-electron chi connectivity index (χ4n) is 3.21. The molecule has 4 nitrogen and oxygen atoms in total. The van der Waals surface area contributed by atoms with Crippen LogP contribution in [0.4, 0.5) is 0 Å². The highest BCUT2D eigenvalue weighted by atomic mass is 16.5. The number of nitrogens with one attached hydrogen (secondary N) is 1. The van der Waals surface area contributed by atoms with Crippen LogP contribution in [0.25, 0.3) is 0 Å². The van der Waals surface area contributed by atoms with Crippen molar-refractivity contribution in [3.63, 3.8) is 0 Å². The molecule has 1 unspecified atom stereocenters. The van der Waals surface area contributed by atoms with Gasteiger partial charge in [-0.1, -0.05) is 57.0 Å². The van der Waals surface area contributed by atoms with Gasteiger partial charge in [-0.05, 0) is 24.3 Å². The average molecular weight is 304 g/mol. The van der Waals surface area contributed by atoms with E-state index < -0.39 is 0 Å². The third kappa shape index (κ3) is 4.08. The summed E-state index contributed by atoms with van der Waals surface area (Å²) in [5, 5.41) is 3.22. The molecule has 1 amide bonds. The fraction of sp³-hybridized carbons (Fsp3) is 0.611. The Hall–Kier alpha value is -1.39. The number of nitrogens with two attached hydrogens (primary N) is 1. The topological polar surface area (TPSA) is 64.4 Å². The molecule has 0 aromatic heterocycles. The van der Waals surface area contributed by atoms with E-state index in [0.29, 0.717) is 12.5 Å². The van der Waals surface area contributed by atoms with Gasteiger partial charge < -0.3 is 15.8 Å². The lowest BCUT2D eigenvalue weighted by Gasteiger charge is -2.28. The maximum absolute atomic E-state index is 12.5. The second kappa shape index (κ2) is 8.30. The van der Waals surface area contributed by atoms with E-state index >= 15 is 0 Å². The molecule has 0 bridgehead atoms. The first kappa shape index (κ1) is 17.0. The van der Waals surface area contributed by atoms with Crippen LogP contribution in [0.15, 0.2) is 30.3 Å². The number of carbonyl (C=O) groups is 1. The van der Waals surface area contributed by atoms with E-state index in [2.05, 4.69) is 31.3 Å². The lowest BCUT2D eigenvalue weighted by Crippen LogP contribution is -2.40. The molecule has 1 aromatic rings. The minimum atomic E-state index is -0.353. The number of carbonyl (C=O) groups excluding carboxylic acids is 1. The molecule has 1 aliphatic heterocycles. The van der Waals surface area contributed by atoms with Crippen LogP contribution < -0.4 is 11.1 Å². The van der Waals surface area contributed by atoms with Crippen molar-refractivity contribution in [2.24, 2.45) is 11.7 Å². The van der Waals surface area contributed by atoms with E-state index in [1.807, 2.05) is 18.2 Å². The zero-order chi connectivity index (χ0) is 15.9. The Kier molecular flexibility index (Phi) is 6.40. The lowest BCUT2D eigenvalue weighted by atomic mass is 9.88. The van der Waals surface area contributed by atoms with Crippen molar-refractivity contribution in [3.8, 4) is 0 Å². The van der Waals surface area contributed by atoms with Gasteiger partial charge in [-0.25, -0.2) is 0 Å². The molecule has 3 atom stereocenters. The number of amides is 1. The van der Waals surface area contributed by atoms with Crippen LogP contribution in [0.5, 0.6) is 0 Å². The molecule has 2 rings (SSSR count). The second-order valence-corrected chi connectivity index (χ2v) is 6.03. The SMILES string of the molecule is CCC(CC)C(NC(=O)[C@@H]1CC[C@H](CN)O1)c1ccccc1. The molecule has 0 saturated carbocycles. The standard InChI is InChI=1S/C18H28N2O2/c1-3-13(4-2)17(14-8-6-5-7-9-14)20-18(21)16-11-10-15(12-19)22-16/h5-9,13,15-17H,3-4,10-12,19H2,1-2H3,(H,20,21)/t15-,16+,17?/m1/s1. The van der Waals surface area contributed by atoms with Gasteiger partial charge in [0, 0.05) is 6.54 Å². The first-order chi connectivity index (χ1) is 10.7. The molecule has 1 saturated heterocycles. The summed E-state index contributed by atoms with van der Waals surface area (Å²) in [7, 11) is 0. The van der Waals surface area contributed by atoms with Crippen LogP contribution in [0.1, 0.15) is 51.1 Å². The van der Waals surface area contributed by atoms with Crippen molar-refractivity contribution >= 4 is 5.91 Å². The highest BCUT2D eigenvalue weighted by Crippen LogP contribution is 2.28. The summed E-state index contributed by atoms with van der Waals surface area (Å²) in [5.74, 6) is 0.426. The zero-order valence-corrected chi connectivity index (χ0v) is 13.6. The van der Waals surface area contributed by atoms with Crippen molar-refractivity contribution in [2.75, 3.05) is 6.54 Å². The third-order valence-corrected chi connectivity index (χ3v) is 4.64. The molecule has 1 aliphatic rings. The minimum Gasteiger partial charge on any atom is -0.364 e. The van der Waals surface area contributed by atoms with Crippen LogP contribution in [0, 0.1) is 5.92 Å². The monoisotopic (exact) mass is 304 g/mol. The van der Waals surface area contributed by atoms with Gasteiger partial charge in [-0.2, -0.15) is 0 Å². The van der Waals surface area contributed by atoms with Crippen LogP contribution in [0.2, 0.25) is 0 Å². The average Bonchev–Trinajstić information content (AvgIpc) is 3.05. The van der Waals surface area contributed by atoms with Gasteiger partial charge in [-0.3, -0.25) is 4.79 Å². The lowest BCUT2D eigenvalue weighted by molar-refractivity contribution is -0.133. The Morgan fingerprint density at radius 2 is 1.95 bits per heavy atom.